The van der Waals surface area contributed by atoms with Crippen LogP contribution in [0.15, 0.2) is 6.33 Å². The van der Waals surface area contributed by atoms with Crippen molar-refractivity contribution in [2.24, 2.45) is 12.8 Å². The van der Waals surface area contributed by atoms with Gasteiger partial charge in [0.25, 0.3) is 0 Å². The fourth-order valence-electron chi connectivity index (χ4n) is 1.25. The fourth-order valence-corrected chi connectivity index (χ4v) is 1.25. The highest BCUT2D eigenvalue weighted by molar-refractivity contribution is 6.01. The molecule has 8 nitrogen and oxygen atoms in total. The van der Waals surface area contributed by atoms with Gasteiger partial charge in [-0.15, -0.1) is 0 Å². The summed E-state index contributed by atoms with van der Waals surface area (Å²) >= 11 is 0. The SMILES string of the molecule is CCOC(=O)C(N)C(=O)NCCc1ncn(C)n1. The average Bonchev–Trinajstić information content (AvgIpc) is 2.74. The third-order valence-electron chi connectivity index (χ3n) is 2.12. The minimum absolute atomic E-state index is 0.192. The van der Waals surface area contributed by atoms with Crippen LogP contribution in [-0.4, -0.2) is 45.8 Å². The van der Waals surface area contributed by atoms with Crippen LogP contribution < -0.4 is 11.1 Å². The number of amides is 1. The van der Waals surface area contributed by atoms with E-state index in [4.69, 9.17) is 5.73 Å². The van der Waals surface area contributed by atoms with Crippen molar-refractivity contribution in [1.82, 2.24) is 20.1 Å². The van der Waals surface area contributed by atoms with E-state index in [1.54, 1.807) is 25.0 Å². The zero-order valence-corrected chi connectivity index (χ0v) is 10.4. The Hall–Kier alpha value is -1.96. The third kappa shape index (κ3) is 4.13. The van der Waals surface area contributed by atoms with E-state index in [0.29, 0.717) is 18.8 Å². The molecule has 8 heteroatoms. The highest BCUT2D eigenvalue weighted by Crippen LogP contribution is 1.90. The molecular formula is C10H17N5O3. The smallest absolute Gasteiger partial charge is 0.332 e. The number of carbonyl (C=O) groups excluding carboxylic acids is 2. The molecule has 1 heterocycles. The molecule has 0 bridgehead atoms. The zero-order valence-electron chi connectivity index (χ0n) is 10.4. The predicted octanol–water partition coefficient (Wildman–Crippen LogP) is -1.64. The number of nitrogens with two attached hydrogens (primary N) is 1. The van der Waals surface area contributed by atoms with Gasteiger partial charge < -0.3 is 15.8 Å². The highest BCUT2D eigenvalue weighted by Gasteiger charge is 2.22. The Morgan fingerprint density at radius 3 is 2.89 bits per heavy atom. The molecule has 1 atom stereocenters. The molecule has 3 N–H and O–H groups in total. The van der Waals surface area contributed by atoms with Crippen molar-refractivity contribution in [3.63, 3.8) is 0 Å². The number of ether oxygens (including phenoxy) is 1. The summed E-state index contributed by atoms with van der Waals surface area (Å²) < 4.78 is 6.21. The van der Waals surface area contributed by atoms with Gasteiger partial charge in [-0.1, -0.05) is 0 Å². The van der Waals surface area contributed by atoms with Crippen molar-refractivity contribution >= 4 is 11.9 Å². The molecule has 0 aliphatic heterocycles. The van der Waals surface area contributed by atoms with Gasteiger partial charge in [-0.25, -0.2) is 9.78 Å². The Morgan fingerprint density at radius 2 is 2.33 bits per heavy atom. The lowest BCUT2D eigenvalue weighted by atomic mass is 10.3. The van der Waals surface area contributed by atoms with E-state index in [1.165, 1.54) is 0 Å². The Bertz CT molecular complexity index is 417. The molecular weight excluding hydrogens is 238 g/mol. The molecule has 0 saturated heterocycles. The zero-order chi connectivity index (χ0) is 13.5. The summed E-state index contributed by atoms with van der Waals surface area (Å²) in [5, 5.41) is 6.57. The molecule has 1 amide bonds. The Labute approximate surface area is 105 Å². The first-order valence-electron chi connectivity index (χ1n) is 5.59. The van der Waals surface area contributed by atoms with Gasteiger partial charge in [0.1, 0.15) is 6.33 Å². The minimum atomic E-state index is -1.29. The van der Waals surface area contributed by atoms with Gasteiger partial charge >= 0.3 is 5.97 Å². The number of nitrogens with one attached hydrogen (secondary N) is 1. The van der Waals surface area contributed by atoms with Crippen LogP contribution in [0.4, 0.5) is 0 Å². The molecule has 0 radical (unpaired) electrons. The minimum Gasteiger partial charge on any atom is -0.464 e. The van der Waals surface area contributed by atoms with Gasteiger partial charge in [-0.05, 0) is 6.92 Å². The lowest BCUT2D eigenvalue weighted by Gasteiger charge is -2.10. The van der Waals surface area contributed by atoms with E-state index >= 15 is 0 Å². The van der Waals surface area contributed by atoms with Gasteiger partial charge in [0.05, 0.1) is 6.61 Å². The quantitative estimate of drug-likeness (QED) is 0.466. The summed E-state index contributed by atoms with van der Waals surface area (Å²) in [6, 6.07) is -1.29. The van der Waals surface area contributed by atoms with Crippen molar-refractivity contribution < 1.29 is 14.3 Å². The predicted molar refractivity (Wildman–Crippen MR) is 62.3 cm³/mol. The summed E-state index contributed by atoms with van der Waals surface area (Å²) in [4.78, 5) is 26.7. The van der Waals surface area contributed by atoms with Gasteiger partial charge in [0.2, 0.25) is 5.91 Å². The van der Waals surface area contributed by atoms with Gasteiger partial charge in [0.15, 0.2) is 11.9 Å². The van der Waals surface area contributed by atoms with E-state index in [2.05, 4.69) is 20.1 Å². The van der Waals surface area contributed by atoms with E-state index < -0.39 is 17.9 Å². The van der Waals surface area contributed by atoms with E-state index in [0.717, 1.165) is 0 Å². The highest BCUT2D eigenvalue weighted by atomic mass is 16.5. The van der Waals surface area contributed by atoms with Gasteiger partial charge in [-0.2, -0.15) is 5.10 Å². The molecule has 0 aliphatic rings. The maximum absolute atomic E-state index is 11.5. The van der Waals surface area contributed by atoms with Crippen LogP contribution in [0, 0.1) is 0 Å². The first-order chi connectivity index (χ1) is 8.54. The summed E-state index contributed by atoms with van der Waals surface area (Å²) in [5.41, 5.74) is 5.41. The molecule has 0 aromatic carbocycles. The lowest BCUT2D eigenvalue weighted by Crippen LogP contribution is -2.47. The van der Waals surface area contributed by atoms with Crippen LogP contribution >= 0.6 is 0 Å². The van der Waals surface area contributed by atoms with E-state index in [-0.39, 0.29) is 6.61 Å². The molecule has 0 spiro atoms. The maximum Gasteiger partial charge on any atom is 0.332 e. The van der Waals surface area contributed by atoms with Crippen LogP contribution in [0.5, 0.6) is 0 Å². The van der Waals surface area contributed by atoms with Crippen LogP contribution in [-0.2, 0) is 27.8 Å². The van der Waals surface area contributed by atoms with Crippen LogP contribution in [0.3, 0.4) is 0 Å². The molecule has 18 heavy (non-hydrogen) atoms. The van der Waals surface area contributed by atoms with Crippen molar-refractivity contribution in [3.05, 3.63) is 12.2 Å². The number of esters is 1. The van der Waals surface area contributed by atoms with Gasteiger partial charge in [0, 0.05) is 20.0 Å². The molecule has 0 aliphatic carbocycles. The van der Waals surface area contributed by atoms with E-state index in [9.17, 15) is 9.59 Å². The Morgan fingerprint density at radius 1 is 1.61 bits per heavy atom. The molecule has 100 valence electrons. The number of aromatic nitrogens is 3. The lowest BCUT2D eigenvalue weighted by molar-refractivity contribution is -0.147. The summed E-state index contributed by atoms with van der Waals surface area (Å²) in [6.45, 7) is 2.16. The molecule has 0 fully saturated rings. The van der Waals surface area contributed by atoms with Crippen molar-refractivity contribution in [2.75, 3.05) is 13.2 Å². The molecule has 1 rings (SSSR count). The largest absolute Gasteiger partial charge is 0.464 e. The Balaban J connectivity index is 2.30. The van der Waals surface area contributed by atoms with Gasteiger partial charge in [-0.3, -0.25) is 9.48 Å². The van der Waals surface area contributed by atoms with Crippen LogP contribution in [0.2, 0.25) is 0 Å². The summed E-state index contributed by atoms with van der Waals surface area (Å²) in [7, 11) is 1.76. The van der Waals surface area contributed by atoms with Crippen molar-refractivity contribution in [2.45, 2.75) is 19.4 Å². The fraction of sp³-hybridized carbons (Fsp3) is 0.600. The summed E-state index contributed by atoms with van der Waals surface area (Å²) in [5.74, 6) is -0.683. The molecule has 1 unspecified atom stereocenters. The second kappa shape index (κ2) is 6.70. The number of carbonyl (C=O) groups is 2. The monoisotopic (exact) mass is 255 g/mol. The number of hydrogen-bond donors (Lipinski definition) is 2. The number of hydrogen-bond acceptors (Lipinski definition) is 6. The first-order valence-corrected chi connectivity index (χ1v) is 5.59. The molecule has 0 saturated carbocycles. The van der Waals surface area contributed by atoms with Crippen LogP contribution in [0.1, 0.15) is 12.7 Å². The normalized spacial score (nSPS) is 11.9. The molecule has 1 aromatic rings. The standard InChI is InChI=1S/C10H17N5O3/c1-3-18-10(17)8(11)9(16)12-5-4-7-13-6-15(2)14-7/h6,8H,3-5,11H2,1-2H3,(H,12,16). The topological polar surface area (TPSA) is 112 Å². The van der Waals surface area contributed by atoms with Crippen molar-refractivity contribution in [1.29, 1.82) is 0 Å². The van der Waals surface area contributed by atoms with E-state index in [1.807, 2.05) is 0 Å². The second-order valence-electron chi connectivity index (χ2n) is 3.61. The maximum atomic E-state index is 11.5. The summed E-state index contributed by atoms with van der Waals surface area (Å²) in [6.07, 6.45) is 2.05. The first kappa shape index (κ1) is 14.1. The third-order valence-corrected chi connectivity index (χ3v) is 2.12. The number of nitrogens with zero attached hydrogens (tertiary/aromatic N) is 3. The molecule has 1 aromatic heterocycles. The number of rotatable bonds is 6. The second-order valence-corrected chi connectivity index (χ2v) is 3.61. The van der Waals surface area contributed by atoms with Crippen molar-refractivity contribution in [3.8, 4) is 0 Å². The van der Waals surface area contributed by atoms with Crippen LogP contribution in [0.25, 0.3) is 0 Å². The number of aryl methyl sites for hydroxylation is 1. The Kier molecular flexibility index (Phi) is 5.25. The average molecular weight is 255 g/mol.